The van der Waals surface area contributed by atoms with Crippen molar-refractivity contribution in [2.75, 3.05) is 7.05 Å². The highest BCUT2D eigenvalue weighted by atomic mass is 32.2. The Bertz CT molecular complexity index is 497. The fourth-order valence-electron chi connectivity index (χ4n) is 1.64. The zero-order valence-corrected chi connectivity index (χ0v) is 12.2. The second kappa shape index (κ2) is 5.82. The van der Waals surface area contributed by atoms with Gasteiger partial charge in [-0.3, -0.25) is 0 Å². The molecule has 0 saturated heterocycles. The van der Waals surface area contributed by atoms with Crippen molar-refractivity contribution >= 4 is 10.0 Å². The van der Waals surface area contributed by atoms with E-state index >= 15 is 0 Å². The fraction of sp³-hybridized carbons (Fsp3) is 0.538. The summed E-state index contributed by atoms with van der Waals surface area (Å²) in [5, 5.41) is 0. The van der Waals surface area contributed by atoms with Gasteiger partial charge in [0.1, 0.15) is 0 Å². The average Bonchev–Trinajstić information content (AvgIpc) is 2.36. The minimum atomic E-state index is -3.44. The molecule has 0 saturated carbocycles. The molecule has 1 aromatic carbocycles. The van der Waals surface area contributed by atoms with E-state index in [1.807, 2.05) is 26.8 Å². The number of hydrogen-bond acceptors (Lipinski definition) is 3. The first-order valence-corrected chi connectivity index (χ1v) is 7.51. The Kier molecular flexibility index (Phi) is 4.90. The summed E-state index contributed by atoms with van der Waals surface area (Å²) < 4.78 is 26.3. The third kappa shape index (κ3) is 3.10. The van der Waals surface area contributed by atoms with Crippen molar-refractivity contribution in [1.82, 2.24) is 4.31 Å². The molecule has 0 aromatic heterocycles. The highest BCUT2D eigenvalue weighted by Crippen LogP contribution is 2.20. The summed E-state index contributed by atoms with van der Waals surface area (Å²) in [6, 6.07) is 6.75. The van der Waals surface area contributed by atoms with Crippen LogP contribution in [-0.2, 0) is 16.6 Å². The monoisotopic (exact) mass is 270 g/mol. The van der Waals surface area contributed by atoms with E-state index in [1.165, 1.54) is 4.31 Å². The van der Waals surface area contributed by atoms with Crippen LogP contribution in [0.2, 0.25) is 0 Å². The van der Waals surface area contributed by atoms with Gasteiger partial charge in [0.05, 0.1) is 4.90 Å². The van der Waals surface area contributed by atoms with E-state index in [4.69, 9.17) is 5.73 Å². The first-order valence-electron chi connectivity index (χ1n) is 6.07. The van der Waals surface area contributed by atoms with Gasteiger partial charge in [-0.2, -0.15) is 4.31 Å². The molecule has 0 fully saturated rings. The van der Waals surface area contributed by atoms with Crippen molar-refractivity contribution in [3.63, 3.8) is 0 Å². The van der Waals surface area contributed by atoms with Crippen molar-refractivity contribution in [3.05, 3.63) is 29.8 Å². The van der Waals surface area contributed by atoms with Crippen molar-refractivity contribution < 1.29 is 8.42 Å². The molecule has 2 N–H and O–H groups in total. The first-order chi connectivity index (χ1) is 8.30. The zero-order valence-electron chi connectivity index (χ0n) is 11.4. The molecule has 0 spiro atoms. The predicted octanol–water partition coefficient (Wildman–Crippen LogP) is 1.81. The van der Waals surface area contributed by atoms with E-state index in [1.54, 1.807) is 25.2 Å². The van der Waals surface area contributed by atoms with E-state index in [-0.39, 0.29) is 12.0 Å². The average molecular weight is 270 g/mol. The molecule has 0 amide bonds. The summed E-state index contributed by atoms with van der Waals surface area (Å²) in [5.74, 6) is 0.266. The molecule has 1 atom stereocenters. The summed E-state index contributed by atoms with van der Waals surface area (Å²) in [6.07, 6.45) is 0. The van der Waals surface area contributed by atoms with Crippen LogP contribution in [0.15, 0.2) is 29.2 Å². The van der Waals surface area contributed by atoms with Crippen LogP contribution < -0.4 is 5.73 Å². The zero-order chi connectivity index (χ0) is 13.9. The summed E-state index contributed by atoms with van der Waals surface area (Å²) in [5.41, 5.74) is 6.36. The van der Waals surface area contributed by atoms with Crippen molar-refractivity contribution in [3.8, 4) is 0 Å². The van der Waals surface area contributed by atoms with Crippen LogP contribution in [0.1, 0.15) is 26.3 Å². The second-order valence-electron chi connectivity index (χ2n) is 4.86. The van der Waals surface area contributed by atoms with Gasteiger partial charge in [0.25, 0.3) is 0 Å². The highest BCUT2D eigenvalue weighted by Gasteiger charge is 2.26. The summed E-state index contributed by atoms with van der Waals surface area (Å²) in [7, 11) is -1.82. The van der Waals surface area contributed by atoms with Crippen LogP contribution >= 0.6 is 0 Å². The van der Waals surface area contributed by atoms with Crippen LogP contribution in [0.5, 0.6) is 0 Å². The quantitative estimate of drug-likeness (QED) is 0.887. The molecule has 0 aliphatic carbocycles. The largest absolute Gasteiger partial charge is 0.326 e. The smallest absolute Gasteiger partial charge is 0.243 e. The minimum Gasteiger partial charge on any atom is -0.326 e. The van der Waals surface area contributed by atoms with Gasteiger partial charge in [-0.15, -0.1) is 0 Å². The standard InChI is InChI=1S/C13H22N2O2S/c1-10(2)11(3)15(4)18(16,17)13-7-5-6-12(8-13)9-14/h5-8,10-11H,9,14H2,1-4H3. The van der Waals surface area contributed by atoms with Gasteiger partial charge in [-0.05, 0) is 30.5 Å². The molecule has 1 rings (SSSR count). The van der Waals surface area contributed by atoms with Crippen LogP contribution in [0.25, 0.3) is 0 Å². The maximum atomic E-state index is 12.4. The molecule has 18 heavy (non-hydrogen) atoms. The number of sulfonamides is 1. The van der Waals surface area contributed by atoms with Crippen molar-refractivity contribution in [2.24, 2.45) is 11.7 Å². The Balaban J connectivity index is 3.13. The Morgan fingerprint density at radius 1 is 1.28 bits per heavy atom. The summed E-state index contributed by atoms with van der Waals surface area (Å²) >= 11 is 0. The number of benzene rings is 1. The lowest BCUT2D eigenvalue weighted by molar-refractivity contribution is 0.316. The molecule has 1 unspecified atom stereocenters. The highest BCUT2D eigenvalue weighted by molar-refractivity contribution is 7.89. The van der Waals surface area contributed by atoms with Gasteiger partial charge in [-0.25, -0.2) is 8.42 Å². The molecular weight excluding hydrogens is 248 g/mol. The van der Waals surface area contributed by atoms with Crippen molar-refractivity contribution in [1.29, 1.82) is 0 Å². The third-order valence-electron chi connectivity index (χ3n) is 3.35. The molecule has 4 nitrogen and oxygen atoms in total. The summed E-state index contributed by atoms with van der Waals surface area (Å²) in [4.78, 5) is 0.306. The number of nitrogens with zero attached hydrogens (tertiary/aromatic N) is 1. The SMILES string of the molecule is CC(C)C(C)N(C)S(=O)(=O)c1cccc(CN)c1. The van der Waals surface area contributed by atoms with Gasteiger partial charge < -0.3 is 5.73 Å². The lowest BCUT2D eigenvalue weighted by Crippen LogP contribution is -2.38. The molecular formula is C13H22N2O2S. The van der Waals surface area contributed by atoms with Crippen LogP contribution in [0, 0.1) is 5.92 Å². The number of rotatable bonds is 5. The van der Waals surface area contributed by atoms with E-state index < -0.39 is 10.0 Å². The molecule has 0 aliphatic rings. The topological polar surface area (TPSA) is 63.4 Å². The molecule has 0 aliphatic heterocycles. The van der Waals surface area contributed by atoms with Crippen LogP contribution in [0.3, 0.4) is 0 Å². The Morgan fingerprint density at radius 2 is 1.89 bits per heavy atom. The van der Waals surface area contributed by atoms with E-state index in [0.29, 0.717) is 11.4 Å². The predicted molar refractivity (Wildman–Crippen MR) is 73.6 cm³/mol. The number of hydrogen-bond donors (Lipinski definition) is 1. The van der Waals surface area contributed by atoms with E-state index in [2.05, 4.69) is 0 Å². The van der Waals surface area contributed by atoms with E-state index in [0.717, 1.165) is 5.56 Å². The van der Waals surface area contributed by atoms with Crippen LogP contribution in [0.4, 0.5) is 0 Å². The normalized spacial score (nSPS) is 14.2. The first kappa shape index (κ1) is 15.1. The second-order valence-corrected chi connectivity index (χ2v) is 6.85. The Morgan fingerprint density at radius 3 is 2.39 bits per heavy atom. The number of nitrogens with two attached hydrogens (primary N) is 1. The van der Waals surface area contributed by atoms with Gasteiger partial charge in [0, 0.05) is 19.6 Å². The van der Waals surface area contributed by atoms with Crippen LogP contribution in [-0.4, -0.2) is 25.8 Å². The molecule has 0 radical (unpaired) electrons. The maximum Gasteiger partial charge on any atom is 0.243 e. The third-order valence-corrected chi connectivity index (χ3v) is 5.29. The van der Waals surface area contributed by atoms with Gasteiger partial charge in [-0.1, -0.05) is 26.0 Å². The molecule has 0 heterocycles. The lowest BCUT2D eigenvalue weighted by Gasteiger charge is -2.27. The van der Waals surface area contributed by atoms with Crippen molar-refractivity contribution in [2.45, 2.75) is 38.3 Å². The molecule has 1 aromatic rings. The fourth-order valence-corrected chi connectivity index (χ4v) is 3.20. The summed E-state index contributed by atoms with van der Waals surface area (Å²) in [6.45, 7) is 6.27. The Hall–Kier alpha value is -0.910. The molecule has 102 valence electrons. The van der Waals surface area contributed by atoms with E-state index in [9.17, 15) is 8.42 Å². The van der Waals surface area contributed by atoms with Gasteiger partial charge in [0.2, 0.25) is 10.0 Å². The minimum absolute atomic E-state index is 0.0449. The lowest BCUT2D eigenvalue weighted by atomic mass is 10.1. The maximum absolute atomic E-state index is 12.4. The van der Waals surface area contributed by atoms with Gasteiger partial charge in [0.15, 0.2) is 0 Å². The molecule has 0 bridgehead atoms. The van der Waals surface area contributed by atoms with Gasteiger partial charge >= 0.3 is 0 Å². The molecule has 5 heteroatoms. The Labute approximate surface area is 110 Å².